The Labute approximate surface area is 132 Å². The van der Waals surface area contributed by atoms with Gasteiger partial charge in [0.05, 0.1) is 22.7 Å². The second-order valence-corrected chi connectivity index (χ2v) is 6.94. The van der Waals surface area contributed by atoms with E-state index in [-0.39, 0.29) is 6.04 Å². The van der Waals surface area contributed by atoms with E-state index in [4.69, 9.17) is 27.9 Å². The molecule has 1 aliphatic rings. The Kier molecular flexibility index (Phi) is 4.11. The van der Waals surface area contributed by atoms with E-state index in [0.29, 0.717) is 11.6 Å². The van der Waals surface area contributed by atoms with Crippen LogP contribution in [-0.2, 0) is 6.42 Å². The molecule has 1 aromatic carbocycles. The van der Waals surface area contributed by atoms with Crippen LogP contribution >= 0.6 is 34.5 Å². The number of benzene rings is 1. The topological polar surface area (TPSA) is 21.3 Å². The highest BCUT2D eigenvalue weighted by Crippen LogP contribution is 2.42. The summed E-state index contributed by atoms with van der Waals surface area (Å²) in [6.07, 6.45) is 2.16. The molecule has 20 heavy (non-hydrogen) atoms. The van der Waals surface area contributed by atoms with Gasteiger partial charge in [-0.3, -0.25) is 0 Å². The van der Waals surface area contributed by atoms with E-state index < -0.39 is 0 Å². The summed E-state index contributed by atoms with van der Waals surface area (Å²) in [7, 11) is 0. The fourth-order valence-electron chi connectivity index (χ4n) is 2.56. The third-order valence-corrected chi connectivity index (χ3v) is 4.99. The van der Waals surface area contributed by atoms with E-state index in [9.17, 15) is 0 Å². The molecule has 1 unspecified atom stereocenters. The zero-order valence-electron chi connectivity index (χ0n) is 11.1. The molecule has 0 spiro atoms. The van der Waals surface area contributed by atoms with Gasteiger partial charge in [-0.05, 0) is 49.6 Å². The summed E-state index contributed by atoms with van der Waals surface area (Å²) in [5.74, 6) is 0.840. The van der Waals surface area contributed by atoms with Gasteiger partial charge in [-0.1, -0.05) is 23.2 Å². The van der Waals surface area contributed by atoms with E-state index in [1.165, 1.54) is 10.4 Å². The first-order valence-corrected chi connectivity index (χ1v) is 8.21. The van der Waals surface area contributed by atoms with Crippen LogP contribution in [0, 0.1) is 0 Å². The molecule has 0 saturated carbocycles. The minimum atomic E-state index is 0.284. The number of anilines is 1. The molecular weight excluding hydrogens is 313 g/mol. The Hall–Kier alpha value is -0.900. The molecule has 0 fully saturated rings. The molecule has 3 rings (SSSR count). The summed E-state index contributed by atoms with van der Waals surface area (Å²) < 4.78 is 6.51. The fourth-order valence-corrected chi connectivity index (χ4v) is 4.09. The SMILES string of the molecule is CCOc1ccc(Cl)cc1NC1CCc2sc(Cl)cc21. The van der Waals surface area contributed by atoms with Gasteiger partial charge in [0.15, 0.2) is 0 Å². The third kappa shape index (κ3) is 2.76. The molecular formula is C15H15Cl2NOS. The molecule has 0 amide bonds. The quantitative estimate of drug-likeness (QED) is 0.794. The molecule has 1 atom stereocenters. The largest absolute Gasteiger partial charge is 0.492 e. The highest BCUT2D eigenvalue weighted by Gasteiger charge is 2.25. The minimum Gasteiger partial charge on any atom is -0.492 e. The fraction of sp³-hybridized carbons (Fsp3) is 0.333. The second-order valence-electron chi connectivity index (χ2n) is 4.74. The lowest BCUT2D eigenvalue weighted by molar-refractivity contribution is 0.341. The first-order chi connectivity index (χ1) is 9.67. The van der Waals surface area contributed by atoms with E-state index in [1.54, 1.807) is 11.3 Å². The lowest BCUT2D eigenvalue weighted by Gasteiger charge is -2.18. The lowest BCUT2D eigenvalue weighted by Crippen LogP contribution is -2.08. The first-order valence-electron chi connectivity index (χ1n) is 6.64. The number of rotatable bonds is 4. The van der Waals surface area contributed by atoms with E-state index >= 15 is 0 Å². The van der Waals surface area contributed by atoms with Crippen LogP contribution in [0.4, 0.5) is 5.69 Å². The molecule has 1 aliphatic carbocycles. The molecule has 106 valence electrons. The maximum Gasteiger partial charge on any atom is 0.142 e. The summed E-state index contributed by atoms with van der Waals surface area (Å²) in [4.78, 5) is 1.38. The van der Waals surface area contributed by atoms with E-state index in [2.05, 4.69) is 11.4 Å². The van der Waals surface area contributed by atoms with Crippen molar-refractivity contribution in [2.24, 2.45) is 0 Å². The summed E-state index contributed by atoms with van der Waals surface area (Å²) in [6, 6.07) is 8.02. The van der Waals surface area contributed by atoms with Crippen molar-refractivity contribution in [3.8, 4) is 5.75 Å². The van der Waals surface area contributed by atoms with Crippen LogP contribution < -0.4 is 10.1 Å². The Morgan fingerprint density at radius 1 is 1.35 bits per heavy atom. The molecule has 2 aromatic rings. The van der Waals surface area contributed by atoms with Gasteiger partial charge in [0.1, 0.15) is 5.75 Å². The van der Waals surface area contributed by atoms with Crippen molar-refractivity contribution in [3.63, 3.8) is 0 Å². The molecule has 1 aromatic heterocycles. The molecule has 5 heteroatoms. The van der Waals surface area contributed by atoms with Gasteiger partial charge in [-0.2, -0.15) is 0 Å². The molecule has 0 bridgehead atoms. The van der Waals surface area contributed by atoms with Crippen LogP contribution in [-0.4, -0.2) is 6.61 Å². The van der Waals surface area contributed by atoms with Gasteiger partial charge in [-0.25, -0.2) is 0 Å². The van der Waals surface area contributed by atoms with Gasteiger partial charge in [0.25, 0.3) is 0 Å². The summed E-state index contributed by atoms with van der Waals surface area (Å²) in [5, 5.41) is 4.25. The highest BCUT2D eigenvalue weighted by molar-refractivity contribution is 7.16. The molecule has 2 nitrogen and oxygen atoms in total. The van der Waals surface area contributed by atoms with Crippen molar-refractivity contribution >= 4 is 40.2 Å². The van der Waals surface area contributed by atoms with Crippen LogP contribution in [0.1, 0.15) is 29.8 Å². The smallest absolute Gasteiger partial charge is 0.142 e. The molecule has 0 saturated heterocycles. The van der Waals surface area contributed by atoms with Gasteiger partial charge in [0, 0.05) is 9.90 Å². The van der Waals surface area contributed by atoms with Gasteiger partial charge < -0.3 is 10.1 Å². The van der Waals surface area contributed by atoms with Crippen LogP contribution in [0.2, 0.25) is 9.36 Å². The number of nitrogens with one attached hydrogen (secondary N) is 1. The van der Waals surface area contributed by atoms with Crippen molar-refractivity contribution in [3.05, 3.63) is 44.1 Å². The maximum atomic E-state index is 6.10. The minimum absolute atomic E-state index is 0.284. The van der Waals surface area contributed by atoms with Crippen molar-refractivity contribution in [1.29, 1.82) is 0 Å². The summed E-state index contributed by atoms with van der Waals surface area (Å²) in [6.45, 7) is 2.61. The number of thiophene rings is 1. The van der Waals surface area contributed by atoms with Crippen LogP contribution in [0.25, 0.3) is 0 Å². The first kappa shape index (κ1) is 14.1. The van der Waals surface area contributed by atoms with Crippen molar-refractivity contribution in [2.75, 3.05) is 11.9 Å². The maximum absolute atomic E-state index is 6.10. The van der Waals surface area contributed by atoms with Gasteiger partial charge >= 0.3 is 0 Å². The van der Waals surface area contributed by atoms with E-state index in [0.717, 1.165) is 28.6 Å². The standard InChI is InChI=1S/C15H15Cl2NOS/c1-2-19-13-5-3-9(16)7-12(13)18-11-4-6-14-10(11)8-15(17)20-14/h3,5,7-8,11,18H,2,4,6H2,1H3. The molecule has 1 heterocycles. The van der Waals surface area contributed by atoms with Crippen LogP contribution in [0.15, 0.2) is 24.3 Å². The number of hydrogen-bond acceptors (Lipinski definition) is 3. The van der Waals surface area contributed by atoms with Crippen molar-refractivity contribution in [1.82, 2.24) is 0 Å². The zero-order chi connectivity index (χ0) is 14.1. The number of ether oxygens (including phenoxy) is 1. The second kappa shape index (κ2) is 5.84. The average molecular weight is 328 g/mol. The number of hydrogen-bond donors (Lipinski definition) is 1. The summed E-state index contributed by atoms with van der Waals surface area (Å²) >= 11 is 13.9. The predicted octanol–water partition coefficient (Wildman–Crippen LogP) is 5.55. The van der Waals surface area contributed by atoms with Gasteiger partial charge in [-0.15, -0.1) is 11.3 Å². The Balaban J connectivity index is 1.86. The number of fused-ring (bicyclic) bond motifs is 1. The molecule has 0 radical (unpaired) electrons. The van der Waals surface area contributed by atoms with Crippen LogP contribution in [0.5, 0.6) is 5.75 Å². The Bertz CT molecular complexity index is 626. The Morgan fingerprint density at radius 3 is 3.00 bits per heavy atom. The molecule has 0 aliphatic heterocycles. The molecule has 1 N–H and O–H groups in total. The summed E-state index contributed by atoms with van der Waals surface area (Å²) in [5.41, 5.74) is 2.25. The highest BCUT2D eigenvalue weighted by atomic mass is 35.5. The third-order valence-electron chi connectivity index (χ3n) is 3.42. The predicted molar refractivity (Wildman–Crippen MR) is 86.6 cm³/mol. The lowest BCUT2D eigenvalue weighted by atomic mass is 10.1. The zero-order valence-corrected chi connectivity index (χ0v) is 13.4. The Morgan fingerprint density at radius 2 is 2.20 bits per heavy atom. The van der Waals surface area contributed by atoms with Crippen LogP contribution in [0.3, 0.4) is 0 Å². The monoisotopic (exact) mass is 327 g/mol. The van der Waals surface area contributed by atoms with Gasteiger partial charge in [0.2, 0.25) is 0 Å². The van der Waals surface area contributed by atoms with Crippen molar-refractivity contribution in [2.45, 2.75) is 25.8 Å². The normalized spacial score (nSPS) is 17.1. The average Bonchev–Trinajstić information content (AvgIpc) is 2.94. The van der Waals surface area contributed by atoms with Crippen molar-refractivity contribution < 1.29 is 4.74 Å². The van der Waals surface area contributed by atoms with E-state index in [1.807, 2.05) is 25.1 Å². The number of halogens is 2. The number of aryl methyl sites for hydroxylation is 1.